The summed E-state index contributed by atoms with van der Waals surface area (Å²) in [6.45, 7) is 1.43. The molecule has 0 aliphatic heterocycles. The Labute approximate surface area is 129 Å². The van der Waals surface area contributed by atoms with Crippen molar-refractivity contribution in [2.45, 2.75) is 38.7 Å². The number of hydrogen-bond donors (Lipinski definition) is 2. The van der Waals surface area contributed by atoms with Crippen molar-refractivity contribution in [1.29, 1.82) is 0 Å². The number of esters is 1. The molecule has 0 spiro atoms. The van der Waals surface area contributed by atoms with Crippen LogP contribution >= 0.6 is 0 Å². The Bertz CT molecular complexity index is 598. The number of amides is 3. The molecule has 2 rings (SSSR count). The molecule has 0 unspecified atom stereocenters. The summed E-state index contributed by atoms with van der Waals surface area (Å²) in [6.07, 6.45) is 3.25. The molecule has 0 heterocycles. The number of aryl methyl sites for hydroxylation is 2. The molecule has 118 valence electrons. The van der Waals surface area contributed by atoms with E-state index in [0.29, 0.717) is 5.56 Å². The molecule has 6 nitrogen and oxygen atoms in total. The molecule has 0 saturated heterocycles. The number of imide groups is 1. The fraction of sp³-hybridized carbons (Fsp3) is 0.438. The van der Waals surface area contributed by atoms with Crippen LogP contribution < -0.4 is 10.6 Å². The molecule has 0 radical (unpaired) electrons. The molecule has 2 N–H and O–H groups in total. The Morgan fingerprint density at radius 2 is 1.82 bits per heavy atom. The van der Waals surface area contributed by atoms with Crippen molar-refractivity contribution in [3.05, 3.63) is 34.9 Å². The largest absolute Gasteiger partial charge is 0.449 e. The first-order valence-electron chi connectivity index (χ1n) is 7.36. The van der Waals surface area contributed by atoms with Gasteiger partial charge in [-0.15, -0.1) is 0 Å². The number of hydrogen-bond acceptors (Lipinski definition) is 4. The summed E-state index contributed by atoms with van der Waals surface area (Å²) in [6, 6.07) is 4.86. The molecule has 1 aliphatic rings. The average Bonchev–Trinajstić information content (AvgIpc) is 2.53. The van der Waals surface area contributed by atoms with Crippen LogP contribution in [0.25, 0.3) is 0 Å². The van der Waals surface area contributed by atoms with Crippen molar-refractivity contribution in [3.63, 3.8) is 0 Å². The second-order valence-electron chi connectivity index (χ2n) is 5.31. The van der Waals surface area contributed by atoms with Crippen molar-refractivity contribution in [1.82, 2.24) is 10.6 Å². The topological polar surface area (TPSA) is 84.5 Å². The summed E-state index contributed by atoms with van der Waals surface area (Å²) in [7, 11) is 1.40. The lowest BCUT2D eigenvalue weighted by Crippen LogP contribution is -2.43. The Hall–Kier alpha value is -2.37. The quantitative estimate of drug-likeness (QED) is 0.830. The number of rotatable bonds is 3. The van der Waals surface area contributed by atoms with E-state index in [1.807, 2.05) is 12.1 Å². The Morgan fingerprint density at radius 3 is 2.50 bits per heavy atom. The normalized spacial score (nSPS) is 14.5. The second kappa shape index (κ2) is 7.06. The molecule has 6 heteroatoms. The van der Waals surface area contributed by atoms with E-state index in [1.54, 1.807) is 6.07 Å². The highest BCUT2D eigenvalue weighted by Gasteiger charge is 2.21. The van der Waals surface area contributed by atoms with Crippen molar-refractivity contribution >= 4 is 17.9 Å². The summed E-state index contributed by atoms with van der Waals surface area (Å²) in [5.74, 6) is -1.22. The summed E-state index contributed by atoms with van der Waals surface area (Å²) in [5, 5.41) is 4.33. The zero-order valence-corrected chi connectivity index (χ0v) is 12.8. The second-order valence-corrected chi connectivity index (χ2v) is 5.31. The van der Waals surface area contributed by atoms with E-state index < -0.39 is 24.0 Å². The van der Waals surface area contributed by atoms with Gasteiger partial charge in [0.25, 0.3) is 5.91 Å². The van der Waals surface area contributed by atoms with Gasteiger partial charge < -0.3 is 10.1 Å². The first kappa shape index (κ1) is 16.0. The summed E-state index contributed by atoms with van der Waals surface area (Å²) < 4.78 is 5.10. The maximum Gasteiger partial charge on any atom is 0.338 e. The van der Waals surface area contributed by atoms with Crippen molar-refractivity contribution in [3.8, 4) is 0 Å². The Balaban J connectivity index is 1.99. The van der Waals surface area contributed by atoms with Gasteiger partial charge >= 0.3 is 12.0 Å². The van der Waals surface area contributed by atoms with E-state index in [0.717, 1.165) is 19.3 Å². The van der Waals surface area contributed by atoms with Gasteiger partial charge in [0.05, 0.1) is 5.56 Å². The van der Waals surface area contributed by atoms with Crippen LogP contribution in [0.3, 0.4) is 0 Å². The van der Waals surface area contributed by atoms with Gasteiger partial charge in [-0.1, -0.05) is 6.07 Å². The molecule has 1 atom stereocenters. The SMILES string of the molecule is CNC(=O)NC(=O)[C@H](C)OC(=O)c1ccc2c(c1)CCCC2. The highest BCUT2D eigenvalue weighted by atomic mass is 16.5. The smallest absolute Gasteiger partial charge is 0.338 e. The maximum absolute atomic E-state index is 12.1. The van der Waals surface area contributed by atoms with Crippen molar-refractivity contribution in [2.75, 3.05) is 7.05 Å². The number of urea groups is 1. The van der Waals surface area contributed by atoms with Crippen molar-refractivity contribution in [2.24, 2.45) is 0 Å². The number of benzene rings is 1. The lowest BCUT2D eigenvalue weighted by Gasteiger charge is -2.17. The molecule has 0 bridgehead atoms. The van der Waals surface area contributed by atoms with E-state index in [9.17, 15) is 14.4 Å². The summed E-state index contributed by atoms with van der Waals surface area (Å²) in [5.41, 5.74) is 2.87. The zero-order chi connectivity index (χ0) is 16.1. The average molecular weight is 304 g/mol. The molecular weight excluding hydrogens is 284 g/mol. The standard InChI is InChI=1S/C16H20N2O4/c1-10(14(19)18-16(21)17-2)22-15(20)13-8-7-11-5-3-4-6-12(11)9-13/h7-10H,3-6H2,1-2H3,(H2,17,18,19,21)/t10-/m0/s1. The summed E-state index contributed by atoms with van der Waals surface area (Å²) >= 11 is 0. The van der Waals surface area contributed by atoms with Gasteiger partial charge in [0.15, 0.2) is 6.10 Å². The minimum Gasteiger partial charge on any atom is -0.449 e. The van der Waals surface area contributed by atoms with Crippen LogP contribution in [0.4, 0.5) is 4.79 Å². The Kier molecular flexibility index (Phi) is 5.14. The number of carbonyl (C=O) groups excluding carboxylic acids is 3. The molecule has 0 fully saturated rings. The van der Waals surface area contributed by atoms with E-state index >= 15 is 0 Å². The fourth-order valence-corrected chi connectivity index (χ4v) is 2.42. The van der Waals surface area contributed by atoms with Gasteiger partial charge in [-0.25, -0.2) is 9.59 Å². The Morgan fingerprint density at radius 1 is 1.14 bits per heavy atom. The molecule has 0 saturated carbocycles. The maximum atomic E-state index is 12.1. The van der Waals surface area contributed by atoms with Crippen LogP contribution in [0.5, 0.6) is 0 Å². The number of ether oxygens (including phenoxy) is 1. The van der Waals surface area contributed by atoms with Crippen LogP contribution in [-0.4, -0.2) is 31.1 Å². The lowest BCUT2D eigenvalue weighted by atomic mass is 9.90. The predicted molar refractivity (Wildman–Crippen MR) is 80.6 cm³/mol. The minimum atomic E-state index is -1.04. The van der Waals surface area contributed by atoms with E-state index in [2.05, 4.69) is 10.6 Å². The van der Waals surface area contributed by atoms with Crippen LogP contribution in [0.15, 0.2) is 18.2 Å². The zero-order valence-electron chi connectivity index (χ0n) is 12.8. The monoisotopic (exact) mass is 304 g/mol. The predicted octanol–water partition coefficient (Wildman–Crippen LogP) is 1.57. The molecule has 0 aromatic heterocycles. The van der Waals surface area contributed by atoms with Gasteiger partial charge in [0.1, 0.15) is 0 Å². The van der Waals surface area contributed by atoms with Gasteiger partial charge in [-0.3, -0.25) is 10.1 Å². The van der Waals surface area contributed by atoms with Gasteiger partial charge in [-0.05, 0) is 55.9 Å². The first-order valence-corrected chi connectivity index (χ1v) is 7.36. The molecular formula is C16H20N2O4. The minimum absolute atomic E-state index is 0.431. The van der Waals surface area contributed by atoms with Crippen LogP contribution in [0.1, 0.15) is 41.3 Å². The van der Waals surface area contributed by atoms with Gasteiger partial charge in [0.2, 0.25) is 0 Å². The van der Waals surface area contributed by atoms with E-state index in [-0.39, 0.29) is 0 Å². The molecule has 1 aliphatic carbocycles. The molecule has 22 heavy (non-hydrogen) atoms. The number of carbonyl (C=O) groups is 3. The molecule has 3 amide bonds. The van der Waals surface area contributed by atoms with Gasteiger partial charge in [0, 0.05) is 7.05 Å². The third-order valence-corrected chi connectivity index (χ3v) is 3.70. The third-order valence-electron chi connectivity index (χ3n) is 3.70. The third kappa shape index (κ3) is 3.84. The fourth-order valence-electron chi connectivity index (χ4n) is 2.42. The highest BCUT2D eigenvalue weighted by molar-refractivity contribution is 5.98. The molecule has 1 aromatic rings. The summed E-state index contributed by atoms with van der Waals surface area (Å²) in [4.78, 5) is 34.8. The van der Waals surface area contributed by atoms with Crippen LogP contribution in [-0.2, 0) is 22.4 Å². The van der Waals surface area contributed by atoms with Crippen LogP contribution in [0.2, 0.25) is 0 Å². The molecule has 1 aromatic carbocycles. The van der Waals surface area contributed by atoms with Crippen molar-refractivity contribution < 1.29 is 19.1 Å². The number of fused-ring (bicyclic) bond motifs is 1. The first-order chi connectivity index (χ1) is 10.5. The van der Waals surface area contributed by atoms with Crippen LogP contribution in [0, 0.1) is 0 Å². The highest BCUT2D eigenvalue weighted by Crippen LogP contribution is 2.22. The van der Waals surface area contributed by atoms with E-state index in [4.69, 9.17) is 4.74 Å². The van der Waals surface area contributed by atoms with E-state index in [1.165, 1.54) is 31.5 Å². The number of nitrogens with one attached hydrogen (secondary N) is 2. The van der Waals surface area contributed by atoms with Gasteiger partial charge in [-0.2, -0.15) is 0 Å². The lowest BCUT2D eigenvalue weighted by molar-refractivity contribution is -0.127.